The quantitative estimate of drug-likeness (QED) is 0.0528. The van der Waals surface area contributed by atoms with E-state index in [4.69, 9.17) is 22.3 Å². The van der Waals surface area contributed by atoms with Crippen molar-refractivity contribution in [1.29, 1.82) is 0 Å². The van der Waals surface area contributed by atoms with Gasteiger partial charge in [0.25, 0.3) is 0 Å². The third-order valence-electron chi connectivity index (χ3n) is 5.15. The van der Waals surface area contributed by atoms with Crippen LogP contribution in [0.2, 0.25) is 0 Å². The fourth-order valence-corrected chi connectivity index (χ4v) is 3.69. The molecule has 0 aromatic carbocycles. The molecule has 0 radical (unpaired) electrons. The molecule has 4 atom stereocenters. The lowest BCUT2D eigenvalue weighted by Gasteiger charge is -2.26. The van der Waals surface area contributed by atoms with Crippen molar-refractivity contribution >= 4 is 47.4 Å². The normalized spacial score (nSPS) is 14.1. The summed E-state index contributed by atoms with van der Waals surface area (Å²) in [6.07, 6.45) is 2.09. The molecule has 0 saturated carbocycles. The van der Waals surface area contributed by atoms with Crippen LogP contribution in [0.25, 0.3) is 0 Å². The van der Waals surface area contributed by atoms with Gasteiger partial charge in [0.2, 0.25) is 17.7 Å². The molecule has 212 valence electrons. The minimum atomic E-state index is -1.27. The molecule has 0 heterocycles. The third kappa shape index (κ3) is 15.6. The van der Waals surface area contributed by atoms with Crippen LogP contribution < -0.4 is 33.2 Å². The number of amides is 3. The van der Waals surface area contributed by atoms with Crippen molar-refractivity contribution in [3.63, 3.8) is 0 Å². The number of aliphatic carboxylic acids is 2. The Kier molecular flexibility index (Phi) is 16.7. The Hall–Kier alpha value is -3.07. The van der Waals surface area contributed by atoms with E-state index in [1.807, 2.05) is 20.1 Å². The van der Waals surface area contributed by atoms with E-state index in [-0.39, 0.29) is 44.1 Å². The van der Waals surface area contributed by atoms with Gasteiger partial charge in [-0.3, -0.25) is 24.2 Å². The Balaban J connectivity index is 5.50. The van der Waals surface area contributed by atoms with Crippen molar-refractivity contribution in [3.8, 4) is 0 Å². The maximum absolute atomic E-state index is 13.0. The van der Waals surface area contributed by atoms with Crippen LogP contribution in [0, 0.1) is 5.92 Å². The van der Waals surface area contributed by atoms with Gasteiger partial charge in [0.1, 0.15) is 18.1 Å². The fourth-order valence-electron chi connectivity index (χ4n) is 3.20. The molecule has 37 heavy (non-hydrogen) atoms. The van der Waals surface area contributed by atoms with Gasteiger partial charge >= 0.3 is 11.9 Å². The number of guanidine groups is 1. The number of thioether (sulfide) groups is 1. The summed E-state index contributed by atoms with van der Waals surface area (Å²) in [6.45, 7) is 3.80. The van der Waals surface area contributed by atoms with Crippen molar-refractivity contribution in [2.45, 2.75) is 76.5 Å². The highest BCUT2D eigenvalue weighted by Crippen LogP contribution is 2.09. The van der Waals surface area contributed by atoms with Crippen LogP contribution in [0.4, 0.5) is 0 Å². The molecule has 0 bridgehead atoms. The van der Waals surface area contributed by atoms with Crippen LogP contribution in [0.3, 0.4) is 0 Å². The molecule has 0 spiro atoms. The van der Waals surface area contributed by atoms with Gasteiger partial charge in [-0.1, -0.05) is 13.8 Å². The molecule has 11 N–H and O–H groups in total. The largest absolute Gasteiger partial charge is 0.481 e. The van der Waals surface area contributed by atoms with Crippen molar-refractivity contribution in [3.05, 3.63) is 0 Å². The molecule has 3 amide bonds. The Labute approximate surface area is 220 Å². The second kappa shape index (κ2) is 18.2. The number of hydrogen-bond donors (Lipinski definition) is 8. The van der Waals surface area contributed by atoms with Gasteiger partial charge in [-0.15, -0.1) is 0 Å². The summed E-state index contributed by atoms with van der Waals surface area (Å²) >= 11 is 1.50. The first-order valence-electron chi connectivity index (χ1n) is 11.9. The van der Waals surface area contributed by atoms with E-state index in [1.165, 1.54) is 11.8 Å². The van der Waals surface area contributed by atoms with E-state index in [1.54, 1.807) is 0 Å². The van der Waals surface area contributed by atoms with Crippen LogP contribution in [-0.2, 0) is 24.0 Å². The van der Waals surface area contributed by atoms with Crippen LogP contribution in [0.5, 0.6) is 0 Å². The first-order chi connectivity index (χ1) is 17.3. The monoisotopic (exact) mass is 547 g/mol. The Morgan fingerprint density at radius 1 is 0.865 bits per heavy atom. The molecule has 4 unspecified atom stereocenters. The van der Waals surface area contributed by atoms with Crippen molar-refractivity contribution in [1.82, 2.24) is 16.0 Å². The summed E-state index contributed by atoms with van der Waals surface area (Å²) in [5, 5.41) is 26.0. The lowest BCUT2D eigenvalue weighted by molar-refractivity contribution is -0.142. The molecule has 0 saturated heterocycles. The standard InChI is InChI=1S/C22H41N7O7S/c1-12(2)11-16(20(34)28-15(21(35)36)5-4-9-26-22(24)25)29-19(33)14(6-7-17(30)31)27-18(32)13(23)8-10-37-3/h12-16H,4-11,23H2,1-3H3,(H,27,32)(H,28,34)(H,29,33)(H,30,31)(H,35,36)(H4,24,25,26). The van der Waals surface area contributed by atoms with E-state index >= 15 is 0 Å². The van der Waals surface area contributed by atoms with Gasteiger partial charge in [-0.05, 0) is 50.0 Å². The highest BCUT2D eigenvalue weighted by Gasteiger charge is 2.30. The minimum Gasteiger partial charge on any atom is -0.481 e. The smallest absolute Gasteiger partial charge is 0.326 e. The number of hydrogen-bond acceptors (Lipinski definition) is 8. The molecule has 0 rings (SSSR count). The molecule has 0 aliphatic carbocycles. The zero-order valence-electron chi connectivity index (χ0n) is 21.6. The zero-order valence-corrected chi connectivity index (χ0v) is 22.4. The molecule has 14 nitrogen and oxygen atoms in total. The molecular formula is C22H41N7O7S. The minimum absolute atomic E-state index is 0.0471. The van der Waals surface area contributed by atoms with Gasteiger partial charge < -0.3 is 43.4 Å². The molecule has 0 fully saturated rings. The van der Waals surface area contributed by atoms with E-state index in [2.05, 4.69) is 20.9 Å². The van der Waals surface area contributed by atoms with Crippen LogP contribution in [0.15, 0.2) is 4.99 Å². The average molecular weight is 548 g/mol. The first kappa shape index (κ1) is 33.9. The maximum Gasteiger partial charge on any atom is 0.326 e. The summed E-state index contributed by atoms with van der Waals surface area (Å²) in [5.41, 5.74) is 16.4. The van der Waals surface area contributed by atoms with E-state index in [9.17, 15) is 29.1 Å². The van der Waals surface area contributed by atoms with Gasteiger partial charge in [0, 0.05) is 13.0 Å². The second-order valence-electron chi connectivity index (χ2n) is 8.92. The summed E-state index contributed by atoms with van der Waals surface area (Å²) in [6, 6.07) is -4.51. The molecule has 0 aromatic heterocycles. The number of aliphatic imine (C=N–C) groups is 1. The SMILES string of the molecule is CSCCC(N)C(=O)NC(CCC(=O)O)C(=O)NC(CC(C)C)C(=O)NC(CCCN=C(N)N)C(=O)O. The van der Waals surface area contributed by atoms with Gasteiger partial charge in [0.05, 0.1) is 6.04 Å². The highest BCUT2D eigenvalue weighted by atomic mass is 32.2. The fraction of sp³-hybridized carbons (Fsp3) is 0.727. The number of carbonyl (C=O) groups excluding carboxylic acids is 3. The predicted molar refractivity (Wildman–Crippen MR) is 141 cm³/mol. The molecule has 0 aliphatic rings. The van der Waals surface area contributed by atoms with Gasteiger partial charge in [-0.2, -0.15) is 11.8 Å². The number of rotatable bonds is 19. The Bertz CT molecular complexity index is 806. The highest BCUT2D eigenvalue weighted by molar-refractivity contribution is 7.98. The van der Waals surface area contributed by atoms with E-state index in [0.717, 1.165) is 0 Å². The molecule has 0 aliphatic heterocycles. The topological polar surface area (TPSA) is 252 Å². The third-order valence-corrected chi connectivity index (χ3v) is 5.79. The number of nitrogens with one attached hydrogen (secondary N) is 3. The lowest BCUT2D eigenvalue weighted by Crippen LogP contribution is -2.57. The second-order valence-corrected chi connectivity index (χ2v) is 9.91. The van der Waals surface area contributed by atoms with Crippen molar-refractivity contribution in [2.24, 2.45) is 28.1 Å². The lowest BCUT2D eigenvalue weighted by atomic mass is 10.0. The Morgan fingerprint density at radius 3 is 1.95 bits per heavy atom. The number of carboxylic acid groups (broad SMARTS) is 2. The van der Waals surface area contributed by atoms with E-state index in [0.29, 0.717) is 12.2 Å². The van der Waals surface area contributed by atoms with Gasteiger partial charge in [0.15, 0.2) is 5.96 Å². The number of carbonyl (C=O) groups is 5. The number of carboxylic acids is 2. The maximum atomic E-state index is 13.0. The summed E-state index contributed by atoms with van der Waals surface area (Å²) in [5.74, 6) is -4.12. The number of nitrogens with zero attached hydrogens (tertiary/aromatic N) is 1. The van der Waals surface area contributed by atoms with E-state index < -0.39 is 60.2 Å². The summed E-state index contributed by atoms with van der Waals surface area (Å²) in [7, 11) is 0. The molecular weight excluding hydrogens is 506 g/mol. The zero-order chi connectivity index (χ0) is 28.5. The molecule has 15 heteroatoms. The summed E-state index contributed by atoms with van der Waals surface area (Å²) < 4.78 is 0. The molecule has 0 aromatic rings. The predicted octanol–water partition coefficient (Wildman–Crippen LogP) is -1.43. The summed E-state index contributed by atoms with van der Waals surface area (Å²) in [4.78, 5) is 64.9. The van der Waals surface area contributed by atoms with Gasteiger partial charge in [-0.25, -0.2) is 4.79 Å². The van der Waals surface area contributed by atoms with Crippen LogP contribution in [0.1, 0.15) is 52.4 Å². The van der Waals surface area contributed by atoms with Crippen LogP contribution >= 0.6 is 11.8 Å². The first-order valence-corrected chi connectivity index (χ1v) is 13.3. The van der Waals surface area contributed by atoms with Crippen LogP contribution in [-0.4, -0.2) is 88.6 Å². The van der Waals surface area contributed by atoms with Crippen molar-refractivity contribution < 1.29 is 34.2 Å². The Morgan fingerprint density at radius 2 is 1.43 bits per heavy atom. The average Bonchev–Trinajstić information content (AvgIpc) is 2.80. The van der Waals surface area contributed by atoms with Crippen molar-refractivity contribution in [2.75, 3.05) is 18.6 Å². The number of nitrogens with two attached hydrogens (primary N) is 3.